The van der Waals surface area contributed by atoms with Crippen molar-refractivity contribution in [2.45, 2.75) is 32.4 Å². The van der Waals surface area contributed by atoms with Crippen molar-refractivity contribution >= 4 is 5.91 Å². The first kappa shape index (κ1) is 14.3. The van der Waals surface area contributed by atoms with Crippen LogP contribution in [0.15, 0.2) is 0 Å². The molecule has 0 aromatic carbocycles. The summed E-state index contributed by atoms with van der Waals surface area (Å²) in [6, 6.07) is 0. The molecule has 0 saturated carbocycles. The molecule has 1 saturated heterocycles. The Kier molecular flexibility index (Phi) is 5.24. The summed E-state index contributed by atoms with van der Waals surface area (Å²) in [6.07, 6.45) is -1.12. The molecule has 1 amide bonds. The number of alkyl halides is 3. The van der Waals surface area contributed by atoms with E-state index in [1.54, 1.807) is 4.90 Å². The van der Waals surface area contributed by atoms with E-state index in [4.69, 9.17) is 0 Å². The van der Waals surface area contributed by atoms with Gasteiger partial charge in [-0.3, -0.25) is 4.79 Å². The summed E-state index contributed by atoms with van der Waals surface area (Å²) in [6.45, 7) is 2.14. The summed E-state index contributed by atoms with van der Waals surface area (Å²) >= 11 is 0. The van der Waals surface area contributed by atoms with Gasteiger partial charge < -0.3 is 10.2 Å². The number of hydrogen-bond donors (Lipinski definition) is 1. The van der Waals surface area contributed by atoms with Crippen LogP contribution in [0.5, 0.6) is 0 Å². The number of nitrogens with zero attached hydrogens (tertiary/aromatic N) is 1. The van der Waals surface area contributed by atoms with E-state index in [1.807, 2.05) is 0 Å². The van der Waals surface area contributed by atoms with E-state index in [0.29, 0.717) is 19.0 Å². The summed E-state index contributed by atoms with van der Waals surface area (Å²) in [5.74, 6) is 0.291. The molecule has 0 aliphatic carbocycles. The molecule has 1 heterocycles. The molecule has 1 aliphatic heterocycles. The fourth-order valence-electron chi connectivity index (χ4n) is 2.13. The Labute approximate surface area is 99.4 Å². The molecule has 0 aromatic heterocycles. The number of likely N-dealkylation sites (tertiary alicyclic amines) is 1. The van der Waals surface area contributed by atoms with Crippen LogP contribution in [0.3, 0.4) is 0 Å². The number of rotatable bonds is 5. The third kappa shape index (κ3) is 5.39. The average molecular weight is 252 g/mol. The van der Waals surface area contributed by atoms with Crippen LogP contribution in [0, 0.1) is 5.92 Å². The Morgan fingerprint density at radius 3 is 2.76 bits per heavy atom. The molecule has 1 N–H and O–H groups in total. The van der Waals surface area contributed by atoms with Gasteiger partial charge in [-0.05, 0) is 18.8 Å². The maximum Gasteiger partial charge on any atom is 0.401 e. The summed E-state index contributed by atoms with van der Waals surface area (Å²) < 4.78 is 35.6. The van der Waals surface area contributed by atoms with Crippen LogP contribution >= 0.6 is 0 Å². The summed E-state index contributed by atoms with van der Waals surface area (Å²) in [5, 5.41) is 2.13. The topological polar surface area (TPSA) is 32.3 Å². The van der Waals surface area contributed by atoms with Crippen LogP contribution in [0.2, 0.25) is 0 Å². The van der Waals surface area contributed by atoms with Gasteiger partial charge in [0.2, 0.25) is 5.91 Å². The maximum atomic E-state index is 11.9. The maximum absolute atomic E-state index is 11.9. The largest absolute Gasteiger partial charge is 0.401 e. The zero-order chi connectivity index (χ0) is 12.9. The first-order valence-corrected chi connectivity index (χ1v) is 5.97. The first-order valence-electron chi connectivity index (χ1n) is 5.97. The molecule has 1 rings (SSSR count). The van der Waals surface area contributed by atoms with E-state index in [2.05, 4.69) is 12.2 Å². The van der Waals surface area contributed by atoms with Gasteiger partial charge in [0.1, 0.15) is 0 Å². The van der Waals surface area contributed by atoms with Gasteiger partial charge in [0.05, 0.1) is 13.1 Å². The second-order valence-corrected chi connectivity index (χ2v) is 4.50. The lowest BCUT2D eigenvalue weighted by Crippen LogP contribution is -2.40. The number of nitrogens with one attached hydrogen (secondary N) is 1. The van der Waals surface area contributed by atoms with Gasteiger partial charge >= 0.3 is 6.18 Å². The van der Waals surface area contributed by atoms with E-state index in [-0.39, 0.29) is 12.5 Å². The average Bonchev–Trinajstić information content (AvgIpc) is 2.65. The number of carbonyl (C=O) groups excluding carboxylic acids is 1. The molecule has 3 nitrogen and oxygen atoms in total. The van der Waals surface area contributed by atoms with Crippen molar-refractivity contribution in [3.05, 3.63) is 0 Å². The molecular formula is C11H19F3N2O. The van der Waals surface area contributed by atoms with Crippen molar-refractivity contribution in [2.24, 2.45) is 5.92 Å². The van der Waals surface area contributed by atoms with Crippen LogP contribution in [0.25, 0.3) is 0 Å². The van der Waals surface area contributed by atoms with Gasteiger partial charge in [0.25, 0.3) is 0 Å². The zero-order valence-electron chi connectivity index (χ0n) is 10.0. The van der Waals surface area contributed by atoms with Crippen LogP contribution < -0.4 is 5.32 Å². The van der Waals surface area contributed by atoms with Gasteiger partial charge in [-0.25, -0.2) is 0 Å². The van der Waals surface area contributed by atoms with Crippen molar-refractivity contribution in [1.29, 1.82) is 0 Å². The van der Waals surface area contributed by atoms with Gasteiger partial charge in [0.15, 0.2) is 0 Å². The van der Waals surface area contributed by atoms with Crippen molar-refractivity contribution in [2.75, 3.05) is 26.2 Å². The quantitative estimate of drug-likeness (QED) is 0.809. The van der Waals surface area contributed by atoms with E-state index in [1.165, 1.54) is 0 Å². The lowest BCUT2D eigenvalue weighted by atomic mass is 10.0. The van der Waals surface area contributed by atoms with Gasteiger partial charge in [-0.2, -0.15) is 13.2 Å². The Morgan fingerprint density at radius 1 is 1.47 bits per heavy atom. The molecular weight excluding hydrogens is 233 g/mol. The molecule has 100 valence electrons. The summed E-state index contributed by atoms with van der Waals surface area (Å²) in [5.41, 5.74) is 0. The smallest absolute Gasteiger partial charge is 0.341 e. The van der Waals surface area contributed by atoms with E-state index in [0.717, 1.165) is 19.3 Å². The lowest BCUT2D eigenvalue weighted by Gasteiger charge is -2.17. The normalized spacial score (nSPS) is 20.9. The van der Waals surface area contributed by atoms with Crippen molar-refractivity contribution in [3.8, 4) is 0 Å². The molecule has 1 aliphatic rings. The Bertz CT molecular complexity index is 256. The number of amides is 1. The summed E-state index contributed by atoms with van der Waals surface area (Å²) in [7, 11) is 0. The Balaban J connectivity index is 2.21. The fourth-order valence-corrected chi connectivity index (χ4v) is 2.13. The number of hydrogen-bond acceptors (Lipinski definition) is 2. The Morgan fingerprint density at radius 2 is 2.18 bits per heavy atom. The number of carbonyl (C=O) groups is 1. The SMILES string of the molecule is CCCC1CCN(C(=O)CNCC(F)(F)F)C1. The second-order valence-electron chi connectivity index (χ2n) is 4.50. The molecule has 1 fully saturated rings. The monoisotopic (exact) mass is 252 g/mol. The minimum Gasteiger partial charge on any atom is -0.341 e. The van der Waals surface area contributed by atoms with Gasteiger partial charge in [-0.1, -0.05) is 13.3 Å². The molecule has 0 bridgehead atoms. The van der Waals surface area contributed by atoms with Crippen molar-refractivity contribution in [3.63, 3.8) is 0 Å². The third-order valence-electron chi connectivity index (χ3n) is 2.94. The molecule has 0 aromatic rings. The van der Waals surface area contributed by atoms with Crippen LogP contribution in [0.4, 0.5) is 13.2 Å². The molecule has 1 atom stereocenters. The second kappa shape index (κ2) is 6.23. The van der Waals surface area contributed by atoms with Gasteiger partial charge in [-0.15, -0.1) is 0 Å². The van der Waals surface area contributed by atoms with Crippen LogP contribution in [-0.4, -0.2) is 43.2 Å². The molecule has 6 heteroatoms. The Hall–Kier alpha value is -0.780. The van der Waals surface area contributed by atoms with Crippen molar-refractivity contribution < 1.29 is 18.0 Å². The molecule has 0 spiro atoms. The predicted molar refractivity (Wildman–Crippen MR) is 58.5 cm³/mol. The lowest BCUT2D eigenvalue weighted by molar-refractivity contribution is -0.133. The highest BCUT2D eigenvalue weighted by atomic mass is 19.4. The summed E-state index contributed by atoms with van der Waals surface area (Å²) in [4.78, 5) is 13.2. The first-order chi connectivity index (χ1) is 7.92. The minimum atomic E-state index is -4.25. The minimum absolute atomic E-state index is 0.224. The molecule has 17 heavy (non-hydrogen) atoms. The van der Waals surface area contributed by atoms with Gasteiger partial charge in [0, 0.05) is 13.1 Å². The highest BCUT2D eigenvalue weighted by molar-refractivity contribution is 5.78. The number of halogens is 3. The third-order valence-corrected chi connectivity index (χ3v) is 2.94. The van der Waals surface area contributed by atoms with E-state index >= 15 is 0 Å². The van der Waals surface area contributed by atoms with Crippen molar-refractivity contribution in [1.82, 2.24) is 10.2 Å². The highest BCUT2D eigenvalue weighted by Gasteiger charge is 2.28. The van der Waals surface area contributed by atoms with E-state index in [9.17, 15) is 18.0 Å². The van der Waals surface area contributed by atoms with Crippen LogP contribution in [0.1, 0.15) is 26.2 Å². The molecule has 0 radical (unpaired) electrons. The zero-order valence-corrected chi connectivity index (χ0v) is 10.0. The standard InChI is InChI=1S/C11H19F3N2O/c1-2-3-9-4-5-16(7-9)10(17)6-15-8-11(12,13)14/h9,15H,2-8H2,1H3. The highest BCUT2D eigenvalue weighted by Crippen LogP contribution is 2.20. The fraction of sp³-hybridized carbons (Fsp3) is 0.909. The van der Waals surface area contributed by atoms with Crippen LogP contribution in [-0.2, 0) is 4.79 Å². The van der Waals surface area contributed by atoms with E-state index < -0.39 is 12.7 Å². The predicted octanol–water partition coefficient (Wildman–Crippen LogP) is 1.79. The molecule has 1 unspecified atom stereocenters.